The van der Waals surface area contributed by atoms with E-state index in [0.717, 1.165) is 21.8 Å². The Morgan fingerprint density at radius 2 is 1.77 bits per heavy atom. The molecule has 110 valence electrons. The number of aromatic nitrogens is 1. The summed E-state index contributed by atoms with van der Waals surface area (Å²) in [6.07, 6.45) is 3.89. The van der Waals surface area contributed by atoms with E-state index in [-0.39, 0.29) is 0 Å². The Kier molecular flexibility index (Phi) is 4.63. The van der Waals surface area contributed by atoms with Crippen LogP contribution >= 0.6 is 34.5 Å². The number of rotatable bonds is 3. The maximum atomic E-state index is 6.18. The normalized spacial score (nSPS) is 11.2. The summed E-state index contributed by atoms with van der Waals surface area (Å²) in [6.45, 7) is 2.08. The third-order valence-corrected chi connectivity index (χ3v) is 4.90. The number of benzene rings is 2. The number of hydrogen-bond donors (Lipinski definition) is 0. The van der Waals surface area contributed by atoms with Crippen LogP contribution in [0, 0.1) is 6.92 Å². The maximum absolute atomic E-state index is 6.18. The molecule has 0 N–H and O–H groups in total. The van der Waals surface area contributed by atoms with Crippen LogP contribution in [0.3, 0.4) is 0 Å². The second-order valence-electron chi connectivity index (χ2n) is 4.91. The number of halogens is 2. The average molecular weight is 346 g/mol. The van der Waals surface area contributed by atoms with Gasteiger partial charge in [-0.2, -0.15) is 0 Å². The van der Waals surface area contributed by atoms with E-state index in [2.05, 4.69) is 41.6 Å². The molecule has 3 rings (SSSR count). The maximum Gasteiger partial charge on any atom is 0.116 e. The third-order valence-electron chi connectivity index (χ3n) is 3.26. The number of thiazole rings is 1. The van der Waals surface area contributed by atoms with Gasteiger partial charge in [-0.3, -0.25) is 0 Å². The predicted molar refractivity (Wildman–Crippen MR) is 97.7 cm³/mol. The molecule has 0 saturated carbocycles. The van der Waals surface area contributed by atoms with Gasteiger partial charge < -0.3 is 0 Å². The summed E-state index contributed by atoms with van der Waals surface area (Å²) in [6, 6.07) is 14.0. The van der Waals surface area contributed by atoms with Crippen LogP contribution in [-0.2, 0) is 0 Å². The Morgan fingerprint density at radius 1 is 1.00 bits per heavy atom. The largest absolute Gasteiger partial charge is 0.237 e. The molecule has 1 heterocycles. The van der Waals surface area contributed by atoms with Crippen molar-refractivity contribution in [3.8, 4) is 11.3 Å². The van der Waals surface area contributed by atoms with Crippen LogP contribution < -0.4 is 0 Å². The molecule has 22 heavy (non-hydrogen) atoms. The van der Waals surface area contributed by atoms with E-state index >= 15 is 0 Å². The fourth-order valence-corrected chi connectivity index (χ4v) is 3.12. The van der Waals surface area contributed by atoms with E-state index in [4.69, 9.17) is 23.2 Å². The van der Waals surface area contributed by atoms with Gasteiger partial charge in [0.1, 0.15) is 5.01 Å². The molecule has 4 heteroatoms. The van der Waals surface area contributed by atoms with E-state index in [1.807, 2.05) is 24.3 Å². The summed E-state index contributed by atoms with van der Waals surface area (Å²) in [4.78, 5) is 4.63. The Morgan fingerprint density at radius 3 is 2.55 bits per heavy atom. The van der Waals surface area contributed by atoms with Crippen LogP contribution in [-0.4, -0.2) is 4.98 Å². The number of nitrogens with zero attached hydrogens (tertiary/aromatic N) is 1. The van der Waals surface area contributed by atoms with E-state index in [1.54, 1.807) is 17.4 Å². The molecule has 1 nitrogen and oxygen atoms in total. The first-order valence-corrected chi connectivity index (χ1v) is 8.42. The quantitative estimate of drug-likeness (QED) is 0.521. The van der Waals surface area contributed by atoms with Crippen molar-refractivity contribution < 1.29 is 0 Å². The van der Waals surface area contributed by atoms with Crippen molar-refractivity contribution in [1.29, 1.82) is 0 Å². The minimum Gasteiger partial charge on any atom is -0.237 e. The van der Waals surface area contributed by atoms with E-state index in [1.165, 1.54) is 5.56 Å². The Balaban J connectivity index is 1.83. The summed E-state index contributed by atoms with van der Waals surface area (Å²) < 4.78 is 0. The first-order valence-electron chi connectivity index (χ1n) is 6.78. The minimum absolute atomic E-state index is 0.559. The van der Waals surface area contributed by atoms with Gasteiger partial charge in [-0.1, -0.05) is 71.2 Å². The van der Waals surface area contributed by atoms with Crippen LogP contribution in [0.15, 0.2) is 47.8 Å². The van der Waals surface area contributed by atoms with Gasteiger partial charge in [0.25, 0.3) is 0 Å². The van der Waals surface area contributed by atoms with Crippen molar-refractivity contribution >= 4 is 46.7 Å². The smallest absolute Gasteiger partial charge is 0.116 e. The molecule has 0 aliphatic rings. The minimum atomic E-state index is 0.559. The van der Waals surface area contributed by atoms with Crippen LogP contribution in [0.2, 0.25) is 10.0 Å². The van der Waals surface area contributed by atoms with Gasteiger partial charge in [0.15, 0.2) is 0 Å². The molecule has 0 saturated heterocycles. The molecule has 0 amide bonds. The van der Waals surface area contributed by atoms with E-state index in [0.29, 0.717) is 10.0 Å². The first-order chi connectivity index (χ1) is 10.6. The van der Waals surface area contributed by atoms with E-state index in [9.17, 15) is 0 Å². The zero-order valence-corrected chi connectivity index (χ0v) is 14.2. The van der Waals surface area contributed by atoms with Crippen molar-refractivity contribution in [2.24, 2.45) is 0 Å². The summed E-state index contributed by atoms with van der Waals surface area (Å²) in [5.41, 5.74) is 4.25. The second kappa shape index (κ2) is 6.66. The molecule has 0 aliphatic heterocycles. The van der Waals surface area contributed by atoms with Gasteiger partial charge in [0, 0.05) is 10.9 Å². The van der Waals surface area contributed by atoms with Gasteiger partial charge in [-0.15, -0.1) is 11.3 Å². The number of aryl methyl sites for hydroxylation is 1. The Hall–Kier alpha value is -1.61. The molecule has 0 unspecified atom stereocenters. The molecule has 3 aromatic rings. The molecule has 0 fully saturated rings. The Bertz CT molecular complexity index is 819. The van der Waals surface area contributed by atoms with Crippen LogP contribution in [0.25, 0.3) is 23.4 Å². The lowest BCUT2D eigenvalue weighted by Gasteiger charge is -1.99. The highest BCUT2D eigenvalue weighted by molar-refractivity contribution is 7.10. The lowest BCUT2D eigenvalue weighted by molar-refractivity contribution is 1.37. The highest BCUT2D eigenvalue weighted by atomic mass is 35.5. The van der Waals surface area contributed by atoms with E-state index < -0.39 is 0 Å². The molecular formula is C18H13Cl2NS. The van der Waals surface area contributed by atoms with Gasteiger partial charge >= 0.3 is 0 Å². The standard InChI is InChI=1S/C18H13Cl2NS/c1-12-5-7-13(8-6-12)16-11-22-17(21-16)10-9-14-3-2-4-15(19)18(14)20/h2-11H,1H3/b10-9+. The van der Waals surface area contributed by atoms with Crippen molar-refractivity contribution in [3.05, 3.63) is 74.0 Å². The fraction of sp³-hybridized carbons (Fsp3) is 0.0556. The third kappa shape index (κ3) is 3.41. The molecule has 0 spiro atoms. The molecule has 2 aromatic carbocycles. The van der Waals surface area contributed by atoms with Crippen molar-refractivity contribution in [1.82, 2.24) is 4.98 Å². The van der Waals surface area contributed by atoms with Crippen LogP contribution in [0.1, 0.15) is 16.1 Å². The highest BCUT2D eigenvalue weighted by Gasteiger charge is 2.04. The molecule has 1 aromatic heterocycles. The van der Waals surface area contributed by atoms with Crippen molar-refractivity contribution in [3.63, 3.8) is 0 Å². The summed E-state index contributed by atoms with van der Waals surface area (Å²) in [5, 5.41) is 4.12. The van der Waals surface area contributed by atoms with Gasteiger partial charge in [0.2, 0.25) is 0 Å². The molecule has 0 atom stereocenters. The zero-order valence-electron chi connectivity index (χ0n) is 11.9. The van der Waals surface area contributed by atoms with Gasteiger partial charge in [-0.25, -0.2) is 4.98 Å². The van der Waals surface area contributed by atoms with Crippen LogP contribution in [0.4, 0.5) is 0 Å². The van der Waals surface area contributed by atoms with Crippen molar-refractivity contribution in [2.45, 2.75) is 6.92 Å². The summed E-state index contributed by atoms with van der Waals surface area (Å²) >= 11 is 13.8. The summed E-state index contributed by atoms with van der Waals surface area (Å²) in [5.74, 6) is 0. The lowest BCUT2D eigenvalue weighted by Crippen LogP contribution is -1.79. The molecular weight excluding hydrogens is 333 g/mol. The monoisotopic (exact) mass is 345 g/mol. The second-order valence-corrected chi connectivity index (χ2v) is 6.59. The van der Waals surface area contributed by atoms with Gasteiger partial charge in [0.05, 0.1) is 15.7 Å². The Labute approximate surface area is 143 Å². The average Bonchev–Trinajstić information content (AvgIpc) is 2.98. The molecule has 0 aliphatic carbocycles. The zero-order chi connectivity index (χ0) is 15.5. The number of hydrogen-bond acceptors (Lipinski definition) is 2. The SMILES string of the molecule is Cc1ccc(-c2csc(/C=C/c3cccc(Cl)c3Cl)n2)cc1. The topological polar surface area (TPSA) is 12.9 Å². The molecule has 0 bridgehead atoms. The molecule has 0 radical (unpaired) electrons. The first kappa shape index (κ1) is 15.3. The predicted octanol–water partition coefficient (Wildman–Crippen LogP) is 6.60. The summed E-state index contributed by atoms with van der Waals surface area (Å²) in [7, 11) is 0. The highest BCUT2D eigenvalue weighted by Crippen LogP contribution is 2.28. The fourth-order valence-electron chi connectivity index (χ4n) is 2.03. The van der Waals surface area contributed by atoms with Crippen molar-refractivity contribution in [2.75, 3.05) is 0 Å². The van der Waals surface area contributed by atoms with Crippen LogP contribution in [0.5, 0.6) is 0 Å². The lowest BCUT2D eigenvalue weighted by atomic mass is 10.1. The van der Waals surface area contributed by atoms with Gasteiger partial charge in [-0.05, 0) is 24.6 Å².